The van der Waals surface area contributed by atoms with E-state index in [4.69, 9.17) is 10.5 Å². The molecule has 100 valence electrons. The smallest absolute Gasteiger partial charge is 0.158 e. The van der Waals surface area contributed by atoms with Crippen LogP contribution in [0.15, 0.2) is 30.3 Å². The first-order chi connectivity index (χ1) is 9.11. The first kappa shape index (κ1) is 13.3. The van der Waals surface area contributed by atoms with E-state index in [0.717, 1.165) is 11.5 Å². The Morgan fingerprint density at radius 3 is 2.68 bits per heavy atom. The van der Waals surface area contributed by atoms with E-state index >= 15 is 0 Å². The van der Waals surface area contributed by atoms with E-state index < -0.39 is 0 Å². The number of anilines is 3. The molecule has 0 fully saturated rings. The third kappa shape index (κ3) is 3.00. The summed E-state index contributed by atoms with van der Waals surface area (Å²) in [7, 11) is 3.57. The molecule has 2 aromatic rings. The Balaban J connectivity index is 2.38. The van der Waals surface area contributed by atoms with E-state index in [9.17, 15) is 0 Å². The normalized spacial score (nSPS) is 10.5. The fourth-order valence-electron chi connectivity index (χ4n) is 1.93. The van der Waals surface area contributed by atoms with Gasteiger partial charge in [-0.25, -0.2) is 9.97 Å². The average Bonchev–Trinajstić information content (AvgIpc) is 2.38. The molecule has 0 aliphatic carbocycles. The summed E-state index contributed by atoms with van der Waals surface area (Å²) in [4.78, 5) is 10.6. The molecule has 0 saturated carbocycles. The standard InChI is InChI=1S/C14H18N4O/c1-10-6-4-5-7-11(10)18(2)14-8-12(15)16-13(17-14)9-19-3/h4-8H,9H2,1-3H3,(H2,15,16,17). The van der Waals surface area contributed by atoms with Crippen molar-refractivity contribution in [3.63, 3.8) is 0 Å². The average molecular weight is 258 g/mol. The van der Waals surface area contributed by atoms with Crippen LogP contribution in [-0.4, -0.2) is 24.1 Å². The highest BCUT2D eigenvalue weighted by molar-refractivity contribution is 5.64. The number of aromatic nitrogens is 2. The van der Waals surface area contributed by atoms with Gasteiger partial charge in [0, 0.05) is 25.9 Å². The van der Waals surface area contributed by atoms with Crippen molar-refractivity contribution in [3.8, 4) is 0 Å². The van der Waals surface area contributed by atoms with Gasteiger partial charge in [0.15, 0.2) is 5.82 Å². The molecule has 2 rings (SSSR count). The van der Waals surface area contributed by atoms with Crippen LogP contribution in [0.3, 0.4) is 0 Å². The molecule has 0 amide bonds. The fourth-order valence-corrected chi connectivity index (χ4v) is 1.93. The number of methoxy groups -OCH3 is 1. The third-order valence-electron chi connectivity index (χ3n) is 2.87. The molecular weight excluding hydrogens is 240 g/mol. The third-order valence-corrected chi connectivity index (χ3v) is 2.87. The second-order valence-corrected chi connectivity index (χ2v) is 4.35. The van der Waals surface area contributed by atoms with Gasteiger partial charge in [-0.2, -0.15) is 0 Å². The second-order valence-electron chi connectivity index (χ2n) is 4.35. The van der Waals surface area contributed by atoms with Crippen molar-refractivity contribution in [2.24, 2.45) is 0 Å². The molecule has 0 aliphatic rings. The topological polar surface area (TPSA) is 64.3 Å². The molecule has 1 heterocycles. The largest absolute Gasteiger partial charge is 0.384 e. The highest BCUT2D eigenvalue weighted by atomic mass is 16.5. The number of para-hydroxylation sites is 1. The van der Waals surface area contributed by atoms with Gasteiger partial charge in [-0.1, -0.05) is 18.2 Å². The van der Waals surface area contributed by atoms with Gasteiger partial charge < -0.3 is 15.4 Å². The lowest BCUT2D eigenvalue weighted by Crippen LogP contribution is -2.15. The van der Waals surface area contributed by atoms with E-state index in [0.29, 0.717) is 18.2 Å². The van der Waals surface area contributed by atoms with Gasteiger partial charge in [-0.15, -0.1) is 0 Å². The molecule has 0 saturated heterocycles. The Kier molecular flexibility index (Phi) is 3.97. The number of nitrogens with two attached hydrogens (primary N) is 1. The SMILES string of the molecule is COCc1nc(N)cc(N(C)c2ccccc2C)n1. The molecule has 19 heavy (non-hydrogen) atoms. The van der Waals surface area contributed by atoms with Gasteiger partial charge in [0.25, 0.3) is 0 Å². The van der Waals surface area contributed by atoms with Crippen molar-refractivity contribution in [2.75, 3.05) is 24.8 Å². The van der Waals surface area contributed by atoms with Crippen LogP contribution in [0.1, 0.15) is 11.4 Å². The summed E-state index contributed by atoms with van der Waals surface area (Å²) in [6.45, 7) is 2.41. The molecule has 0 unspecified atom stereocenters. The lowest BCUT2D eigenvalue weighted by atomic mass is 10.2. The van der Waals surface area contributed by atoms with Crippen LogP contribution >= 0.6 is 0 Å². The number of aryl methyl sites for hydroxylation is 1. The number of hydrogen-bond donors (Lipinski definition) is 1. The van der Waals surface area contributed by atoms with Crippen LogP contribution in [0.4, 0.5) is 17.3 Å². The van der Waals surface area contributed by atoms with E-state index in [1.165, 1.54) is 5.56 Å². The first-order valence-electron chi connectivity index (χ1n) is 6.03. The van der Waals surface area contributed by atoms with Gasteiger partial charge in [0.1, 0.15) is 18.2 Å². The van der Waals surface area contributed by atoms with Crippen LogP contribution in [-0.2, 0) is 11.3 Å². The number of nitrogens with zero attached hydrogens (tertiary/aromatic N) is 3. The summed E-state index contributed by atoms with van der Waals surface area (Å²) in [5, 5.41) is 0. The predicted octanol–water partition coefficient (Wildman–Crippen LogP) is 2.28. The molecule has 5 nitrogen and oxygen atoms in total. The monoisotopic (exact) mass is 258 g/mol. The summed E-state index contributed by atoms with van der Waals surface area (Å²) >= 11 is 0. The number of nitrogen functional groups attached to an aromatic ring is 1. The van der Waals surface area contributed by atoms with Crippen molar-refractivity contribution < 1.29 is 4.74 Å². The minimum atomic E-state index is 0.347. The van der Waals surface area contributed by atoms with Gasteiger partial charge in [0.2, 0.25) is 0 Å². The van der Waals surface area contributed by atoms with Crippen molar-refractivity contribution in [2.45, 2.75) is 13.5 Å². The lowest BCUT2D eigenvalue weighted by Gasteiger charge is -2.21. The number of rotatable bonds is 4. The molecule has 5 heteroatoms. The highest BCUT2D eigenvalue weighted by Crippen LogP contribution is 2.25. The number of hydrogen-bond acceptors (Lipinski definition) is 5. The molecule has 0 radical (unpaired) electrons. The summed E-state index contributed by atoms with van der Waals surface area (Å²) in [5.74, 6) is 1.78. The first-order valence-corrected chi connectivity index (χ1v) is 6.03. The Bertz CT molecular complexity index is 571. The highest BCUT2D eigenvalue weighted by Gasteiger charge is 2.10. The van der Waals surface area contributed by atoms with Gasteiger partial charge in [-0.05, 0) is 18.6 Å². The van der Waals surface area contributed by atoms with Crippen molar-refractivity contribution in [1.29, 1.82) is 0 Å². The van der Waals surface area contributed by atoms with Crippen molar-refractivity contribution in [1.82, 2.24) is 9.97 Å². The fraction of sp³-hybridized carbons (Fsp3) is 0.286. The molecule has 0 atom stereocenters. The molecule has 0 spiro atoms. The molecule has 1 aromatic carbocycles. The number of benzene rings is 1. The maximum Gasteiger partial charge on any atom is 0.158 e. The van der Waals surface area contributed by atoms with Crippen molar-refractivity contribution in [3.05, 3.63) is 41.7 Å². The van der Waals surface area contributed by atoms with Gasteiger partial charge in [0.05, 0.1) is 0 Å². The van der Waals surface area contributed by atoms with Crippen LogP contribution in [0.2, 0.25) is 0 Å². The zero-order valence-electron chi connectivity index (χ0n) is 11.4. The Labute approximate surface area is 113 Å². The van der Waals surface area contributed by atoms with Gasteiger partial charge >= 0.3 is 0 Å². The summed E-state index contributed by atoms with van der Waals surface area (Å²) in [6.07, 6.45) is 0. The summed E-state index contributed by atoms with van der Waals surface area (Å²) < 4.78 is 5.05. The van der Waals surface area contributed by atoms with Crippen LogP contribution in [0.25, 0.3) is 0 Å². The number of ether oxygens (including phenoxy) is 1. The zero-order valence-corrected chi connectivity index (χ0v) is 11.4. The maximum absolute atomic E-state index is 5.81. The predicted molar refractivity (Wildman–Crippen MR) is 76.4 cm³/mol. The summed E-state index contributed by atoms with van der Waals surface area (Å²) in [6, 6.07) is 9.87. The minimum Gasteiger partial charge on any atom is -0.384 e. The van der Waals surface area contributed by atoms with Crippen LogP contribution < -0.4 is 10.6 Å². The second kappa shape index (κ2) is 5.67. The van der Waals surface area contributed by atoms with E-state index in [2.05, 4.69) is 23.0 Å². The Hall–Kier alpha value is -2.14. The molecule has 2 N–H and O–H groups in total. The Morgan fingerprint density at radius 2 is 2.00 bits per heavy atom. The lowest BCUT2D eigenvalue weighted by molar-refractivity contribution is 0.178. The van der Waals surface area contributed by atoms with E-state index in [1.54, 1.807) is 13.2 Å². The van der Waals surface area contributed by atoms with Crippen LogP contribution in [0, 0.1) is 6.92 Å². The summed E-state index contributed by atoms with van der Waals surface area (Å²) in [5.41, 5.74) is 8.07. The van der Waals surface area contributed by atoms with Crippen LogP contribution in [0.5, 0.6) is 0 Å². The minimum absolute atomic E-state index is 0.347. The quantitative estimate of drug-likeness (QED) is 0.911. The van der Waals surface area contributed by atoms with E-state index in [-0.39, 0.29) is 0 Å². The maximum atomic E-state index is 5.81. The molecular formula is C14H18N4O. The van der Waals surface area contributed by atoms with Crippen molar-refractivity contribution >= 4 is 17.3 Å². The molecule has 1 aromatic heterocycles. The van der Waals surface area contributed by atoms with Gasteiger partial charge in [-0.3, -0.25) is 0 Å². The molecule has 0 bridgehead atoms. The zero-order chi connectivity index (χ0) is 13.8. The van der Waals surface area contributed by atoms with E-state index in [1.807, 2.05) is 30.1 Å². The Morgan fingerprint density at radius 1 is 1.26 bits per heavy atom. The molecule has 0 aliphatic heterocycles.